The lowest BCUT2D eigenvalue weighted by Crippen LogP contribution is -2.39. The van der Waals surface area contributed by atoms with Crippen molar-refractivity contribution in [1.29, 1.82) is 0 Å². The van der Waals surface area contributed by atoms with E-state index >= 15 is 0 Å². The molecule has 1 aromatic carbocycles. The fourth-order valence-corrected chi connectivity index (χ4v) is 3.25. The summed E-state index contributed by atoms with van der Waals surface area (Å²) in [4.78, 5) is 0. The molecular formula is C15H20BrF2NO. The first-order valence-corrected chi connectivity index (χ1v) is 7.81. The van der Waals surface area contributed by atoms with Gasteiger partial charge in [-0.2, -0.15) is 0 Å². The molecule has 0 unspecified atom stereocenters. The Morgan fingerprint density at radius 1 is 1.20 bits per heavy atom. The van der Waals surface area contributed by atoms with Gasteiger partial charge in [-0.05, 0) is 40.9 Å². The number of hydrogen-bond acceptors (Lipinski definition) is 2. The number of rotatable bonds is 5. The molecule has 20 heavy (non-hydrogen) atoms. The van der Waals surface area contributed by atoms with Crippen molar-refractivity contribution in [2.75, 3.05) is 13.2 Å². The third-order valence-corrected chi connectivity index (χ3v) is 4.80. The van der Waals surface area contributed by atoms with Gasteiger partial charge in [0.15, 0.2) is 0 Å². The van der Waals surface area contributed by atoms with Crippen LogP contribution in [0.5, 0.6) is 0 Å². The molecular weight excluding hydrogens is 328 g/mol. The average Bonchev–Trinajstić information content (AvgIpc) is 2.48. The molecule has 0 bridgehead atoms. The molecule has 0 atom stereocenters. The summed E-state index contributed by atoms with van der Waals surface area (Å²) in [6, 6.07) is 2.62. The summed E-state index contributed by atoms with van der Waals surface area (Å²) in [5.41, 5.74) is -0.0831. The van der Waals surface area contributed by atoms with Crippen LogP contribution >= 0.6 is 15.9 Å². The van der Waals surface area contributed by atoms with Gasteiger partial charge in [0, 0.05) is 30.7 Å². The molecule has 2 nitrogen and oxygen atoms in total. The van der Waals surface area contributed by atoms with Crippen LogP contribution in [0, 0.1) is 17.0 Å². The van der Waals surface area contributed by atoms with Crippen LogP contribution in [-0.4, -0.2) is 18.3 Å². The molecule has 0 aliphatic heterocycles. The lowest BCUT2D eigenvalue weighted by atomic mass is 9.74. The molecule has 1 saturated carbocycles. The second-order valence-corrected chi connectivity index (χ2v) is 6.50. The molecule has 0 aromatic heterocycles. The zero-order valence-corrected chi connectivity index (χ0v) is 13.0. The largest absolute Gasteiger partial charge is 0.396 e. The van der Waals surface area contributed by atoms with Crippen molar-refractivity contribution in [3.8, 4) is 0 Å². The predicted octanol–water partition coefficient (Wildman–Crippen LogP) is 3.76. The van der Waals surface area contributed by atoms with E-state index in [2.05, 4.69) is 21.2 Å². The summed E-state index contributed by atoms with van der Waals surface area (Å²) < 4.78 is 27.7. The van der Waals surface area contributed by atoms with E-state index in [4.69, 9.17) is 0 Å². The van der Waals surface area contributed by atoms with Crippen molar-refractivity contribution in [2.24, 2.45) is 5.41 Å². The normalized spacial score (nSPS) is 18.2. The minimum absolute atomic E-state index is 0.0447. The maximum Gasteiger partial charge on any atom is 0.144 e. The standard InChI is InChI=1S/C15H20BrF2NO/c16-12-4-5-13(17)11(14(12)18)8-19-9-15(10-20)6-2-1-3-7-15/h4-5,19-20H,1-3,6-10H2. The molecule has 2 rings (SSSR count). The maximum absolute atomic E-state index is 13.8. The second-order valence-electron chi connectivity index (χ2n) is 5.64. The van der Waals surface area contributed by atoms with E-state index in [1.54, 1.807) is 0 Å². The van der Waals surface area contributed by atoms with Crippen LogP contribution in [0.2, 0.25) is 0 Å². The molecule has 0 saturated heterocycles. The van der Waals surface area contributed by atoms with E-state index in [-0.39, 0.29) is 28.6 Å². The SMILES string of the molecule is OCC1(CNCc2c(F)ccc(Br)c2F)CCCCC1. The number of benzene rings is 1. The number of nitrogens with one attached hydrogen (secondary N) is 1. The van der Waals surface area contributed by atoms with Crippen molar-refractivity contribution in [3.05, 3.63) is 33.8 Å². The highest BCUT2D eigenvalue weighted by Crippen LogP contribution is 2.35. The Bertz CT molecular complexity index is 461. The quantitative estimate of drug-likeness (QED) is 0.795. The Morgan fingerprint density at radius 3 is 2.55 bits per heavy atom. The summed E-state index contributed by atoms with van der Waals surface area (Å²) in [6.45, 7) is 0.858. The minimum atomic E-state index is -0.556. The smallest absolute Gasteiger partial charge is 0.144 e. The molecule has 1 fully saturated rings. The molecule has 1 aromatic rings. The first-order valence-electron chi connectivity index (χ1n) is 7.02. The van der Waals surface area contributed by atoms with Gasteiger partial charge in [-0.25, -0.2) is 8.78 Å². The molecule has 1 aliphatic rings. The molecule has 0 heterocycles. The van der Waals surface area contributed by atoms with Gasteiger partial charge in [0.25, 0.3) is 0 Å². The van der Waals surface area contributed by atoms with E-state index in [0.717, 1.165) is 25.7 Å². The van der Waals surface area contributed by atoms with Crippen LogP contribution in [0.3, 0.4) is 0 Å². The van der Waals surface area contributed by atoms with Gasteiger partial charge >= 0.3 is 0 Å². The zero-order valence-electron chi connectivity index (χ0n) is 11.4. The molecule has 112 valence electrons. The third kappa shape index (κ3) is 3.57. The summed E-state index contributed by atoms with van der Waals surface area (Å²) in [5, 5.41) is 12.7. The number of aliphatic hydroxyl groups excluding tert-OH is 1. The van der Waals surface area contributed by atoms with Gasteiger partial charge in [0.05, 0.1) is 4.47 Å². The van der Waals surface area contributed by atoms with E-state index in [1.165, 1.54) is 18.6 Å². The van der Waals surface area contributed by atoms with Crippen LogP contribution in [0.25, 0.3) is 0 Å². The van der Waals surface area contributed by atoms with Gasteiger partial charge < -0.3 is 10.4 Å². The fraction of sp³-hybridized carbons (Fsp3) is 0.600. The highest BCUT2D eigenvalue weighted by molar-refractivity contribution is 9.10. The van der Waals surface area contributed by atoms with E-state index in [9.17, 15) is 13.9 Å². The van der Waals surface area contributed by atoms with Crippen LogP contribution in [0.4, 0.5) is 8.78 Å². The van der Waals surface area contributed by atoms with E-state index < -0.39 is 11.6 Å². The third-order valence-electron chi connectivity index (χ3n) is 4.19. The van der Waals surface area contributed by atoms with Crippen molar-refractivity contribution >= 4 is 15.9 Å². The van der Waals surface area contributed by atoms with Gasteiger partial charge in [-0.15, -0.1) is 0 Å². The number of halogens is 3. The molecule has 0 amide bonds. The van der Waals surface area contributed by atoms with Crippen molar-refractivity contribution in [2.45, 2.75) is 38.6 Å². The van der Waals surface area contributed by atoms with Gasteiger partial charge in [-0.1, -0.05) is 19.3 Å². The molecule has 1 aliphatic carbocycles. The topological polar surface area (TPSA) is 32.3 Å². The summed E-state index contributed by atoms with van der Waals surface area (Å²) >= 11 is 3.06. The summed E-state index contributed by atoms with van der Waals surface area (Å²) in [5.74, 6) is -1.10. The van der Waals surface area contributed by atoms with Crippen LogP contribution in [0.1, 0.15) is 37.7 Å². The zero-order chi connectivity index (χ0) is 14.6. The Morgan fingerprint density at radius 2 is 1.90 bits per heavy atom. The minimum Gasteiger partial charge on any atom is -0.396 e. The average molecular weight is 348 g/mol. The van der Waals surface area contributed by atoms with Crippen molar-refractivity contribution in [3.63, 3.8) is 0 Å². The maximum atomic E-state index is 13.8. The Balaban J connectivity index is 1.97. The van der Waals surface area contributed by atoms with E-state index in [0.29, 0.717) is 6.54 Å². The second kappa shape index (κ2) is 6.96. The summed E-state index contributed by atoms with van der Waals surface area (Å²) in [6.07, 6.45) is 5.38. The van der Waals surface area contributed by atoms with Gasteiger partial charge in [-0.3, -0.25) is 0 Å². The lowest BCUT2D eigenvalue weighted by molar-refractivity contribution is 0.0809. The Hall–Kier alpha value is -0.520. The van der Waals surface area contributed by atoms with Crippen LogP contribution in [-0.2, 0) is 6.54 Å². The predicted molar refractivity (Wildman–Crippen MR) is 78.4 cm³/mol. The molecule has 0 radical (unpaired) electrons. The highest BCUT2D eigenvalue weighted by Gasteiger charge is 2.31. The fourth-order valence-electron chi connectivity index (χ4n) is 2.88. The molecule has 5 heteroatoms. The number of hydrogen-bond donors (Lipinski definition) is 2. The van der Waals surface area contributed by atoms with Crippen molar-refractivity contribution in [1.82, 2.24) is 5.32 Å². The first-order chi connectivity index (χ1) is 9.58. The first kappa shape index (κ1) is 15.9. The van der Waals surface area contributed by atoms with Gasteiger partial charge in [0.2, 0.25) is 0 Å². The number of aliphatic hydroxyl groups is 1. The van der Waals surface area contributed by atoms with Crippen molar-refractivity contribution < 1.29 is 13.9 Å². The Labute approximate surface area is 126 Å². The van der Waals surface area contributed by atoms with Crippen LogP contribution in [0.15, 0.2) is 16.6 Å². The molecule has 0 spiro atoms. The summed E-state index contributed by atoms with van der Waals surface area (Å²) in [7, 11) is 0. The van der Waals surface area contributed by atoms with E-state index in [1.807, 2.05) is 0 Å². The Kier molecular flexibility index (Phi) is 5.52. The van der Waals surface area contributed by atoms with Crippen LogP contribution < -0.4 is 5.32 Å². The monoisotopic (exact) mass is 347 g/mol. The van der Waals surface area contributed by atoms with Gasteiger partial charge in [0.1, 0.15) is 11.6 Å². The highest BCUT2D eigenvalue weighted by atomic mass is 79.9. The molecule has 2 N–H and O–H groups in total. The lowest BCUT2D eigenvalue weighted by Gasteiger charge is -2.35.